The zero-order chi connectivity index (χ0) is 16.7. The smallest absolute Gasteiger partial charge is 0.269 e. The summed E-state index contributed by atoms with van der Waals surface area (Å²) in [6.45, 7) is 3.92. The first-order valence-electron chi connectivity index (χ1n) is 6.80. The number of rotatable bonds is 5. The van der Waals surface area contributed by atoms with Gasteiger partial charge in [0, 0.05) is 11.1 Å². The van der Waals surface area contributed by atoms with Crippen LogP contribution in [0.4, 0.5) is 4.39 Å². The van der Waals surface area contributed by atoms with E-state index in [4.69, 9.17) is 4.74 Å². The molecule has 5 nitrogen and oxygen atoms in total. The lowest BCUT2D eigenvalue weighted by Gasteiger charge is -2.08. The van der Waals surface area contributed by atoms with Crippen LogP contribution in [0.15, 0.2) is 61.2 Å². The van der Waals surface area contributed by atoms with Gasteiger partial charge in [-0.2, -0.15) is 0 Å². The number of hydrazine groups is 1. The Morgan fingerprint density at radius 3 is 1.91 bits per heavy atom. The number of hydrogen-bond acceptors (Lipinski definition) is 3. The molecule has 2 aromatic rings. The highest BCUT2D eigenvalue weighted by Gasteiger charge is 2.09. The van der Waals surface area contributed by atoms with Gasteiger partial charge in [0.25, 0.3) is 11.8 Å². The lowest BCUT2D eigenvalue weighted by atomic mass is 10.2. The maximum atomic E-state index is 12.8. The summed E-state index contributed by atoms with van der Waals surface area (Å²) in [5.41, 5.74) is 5.14. The predicted molar refractivity (Wildman–Crippen MR) is 83.5 cm³/mol. The molecule has 0 fully saturated rings. The van der Waals surface area contributed by atoms with E-state index < -0.39 is 17.6 Å². The van der Waals surface area contributed by atoms with Gasteiger partial charge in [-0.15, -0.1) is 0 Å². The van der Waals surface area contributed by atoms with Crippen LogP contribution in [0.25, 0.3) is 0 Å². The molecule has 0 aliphatic carbocycles. The molecular weight excluding hydrogens is 299 g/mol. The molecule has 2 aromatic carbocycles. The molecule has 2 amide bonds. The van der Waals surface area contributed by atoms with E-state index in [-0.39, 0.29) is 5.56 Å². The zero-order valence-corrected chi connectivity index (χ0v) is 12.2. The lowest BCUT2D eigenvalue weighted by Crippen LogP contribution is -2.41. The predicted octanol–water partition coefficient (Wildman–Crippen LogP) is 2.47. The van der Waals surface area contributed by atoms with Crippen molar-refractivity contribution in [1.29, 1.82) is 0 Å². The van der Waals surface area contributed by atoms with Crippen LogP contribution in [-0.4, -0.2) is 18.4 Å². The van der Waals surface area contributed by atoms with E-state index in [1.54, 1.807) is 30.3 Å². The van der Waals surface area contributed by atoms with Crippen LogP contribution in [0, 0.1) is 5.82 Å². The van der Waals surface area contributed by atoms with Gasteiger partial charge in [-0.3, -0.25) is 20.4 Å². The van der Waals surface area contributed by atoms with E-state index in [2.05, 4.69) is 17.4 Å². The lowest BCUT2D eigenvalue weighted by molar-refractivity contribution is 0.0846. The molecule has 0 aromatic heterocycles. The van der Waals surface area contributed by atoms with Gasteiger partial charge >= 0.3 is 0 Å². The number of benzene rings is 2. The molecule has 0 saturated carbocycles. The molecule has 2 rings (SSSR count). The second kappa shape index (κ2) is 7.74. The van der Waals surface area contributed by atoms with Gasteiger partial charge in [-0.25, -0.2) is 4.39 Å². The molecule has 118 valence electrons. The minimum absolute atomic E-state index is 0.236. The highest BCUT2D eigenvalue weighted by molar-refractivity contribution is 5.99. The van der Waals surface area contributed by atoms with E-state index in [1.807, 2.05) is 0 Å². The van der Waals surface area contributed by atoms with E-state index in [1.165, 1.54) is 24.3 Å². The van der Waals surface area contributed by atoms with Crippen LogP contribution in [0.5, 0.6) is 5.75 Å². The Kier molecular flexibility index (Phi) is 5.46. The Hall–Kier alpha value is -3.15. The summed E-state index contributed by atoms with van der Waals surface area (Å²) in [7, 11) is 0. The van der Waals surface area contributed by atoms with Gasteiger partial charge in [-0.05, 0) is 48.5 Å². The fraction of sp³-hybridized carbons (Fsp3) is 0.0588. The van der Waals surface area contributed by atoms with Gasteiger partial charge < -0.3 is 4.74 Å². The first kappa shape index (κ1) is 16.2. The van der Waals surface area contributed by atoms with Crippen LogP contribution < -0.4 is 15.6 Å². The van der Waals surface area contributed by atoms with Crippen molar-refractivity contribution in [3.63, 3.8) is 0 Å². The Morgan fingerprint density at radius 1 is 0.957 bits per heavy atom. The zero-order valence-electron chi connectivity index (χ0n) is 12.2. The van der Waals surface area contributed by atoms with E-state index in [0.29, 0.717) is 17.9 Å². The molecule has 0 spiro atoms. The minimum atomic E-state index is -0.538. The molecule has 0 atom stereocenters. The number of amides is 2. The maximum absolute atomic E-state index is 12.8. The number of nitrogens with one attached hydrogen (secondary N) is 2. The van der Waals surface area contributed by atoms with Gasteiger partial charge in [-0.1, -0.05) is 12.7 Å². The summed E-state index contributed by atoms with van der Waals surface area (Å²) in [5, 5.41) is 0. The summed E-state index contributed by atoms with van der Waals surface area (Å²) in [6.07, 6.45) is 1.62. The highest BCUT2D eigenvalue weighted by atomic mass is 19.1. The summed E-state index contributed by atoms with van der Waals surface area (Å²) in [4.78, 5) is 23.7. The molecule has 0 radical (unpaired) electrons. The average Bonchev–Trinajstić information content (AvgIpc) is 2.58. The highest BCUT2D eigenvalue weighted by Crippen LogP contribution is 2.12. The Morgan fingerprint density at radius 2 is 1.43 bits per heavy atom. The minimum Gasteiger partial charge on any atom is -0.490 e. The van der Waals surface area contributed by atoms with Crippen molar-refractivity contribution in [2.24, 2.45) is 0 Å². The summed E-state index contributed by atoms with van der Waals surface area (Å²) >= 11 is 0. The fourth-order valence-corrected chi connectivity index (χ4v) is 1.72. The van der Waals surface area contributed by atoms with Crippen molar-refractivity contribution in [2.45, 2.75) is 0 Å². The summed E-state index contributed by atoms with van der Waals surface area (Å²) < 4.78 is 18.1. The molecule has 0 heterocycles. The number of halogens is 1. The standard InChI is InChI=1S/C17H15FN2O3/c1-2-11-23-15-9-5-13(6-10-15)17(22)20-19-16(21)12-3-7-14(18)8-4-12/h2-10H,1,11H2,(H,19,21)(H,20,22). The van der Waals surface area contributed by atoms with Crippen LogP contribution >= 0.6 is 0 Å². The molecule has 0 aliphatic rings. The second-order valence-corrected chi connectivity index (χ2v) is 4.54. The van der Waals surface area contributed by atoms with Crippen molar-refractivity contribution in [3.05, 3.63) is 78.1 Å². The van der Waals surface area contributed by atoms with Crippen molar-refractivity contribution in [3.8, 4) is 5.75 Å². The molecule has 0 saturated heterocycles. The number of ether oxygens (including phenoxy) is 1. The van der Waals surface area contributed by atoms with E-state index in [0.717, 1.165) is 0 Å². The molecule has 0 aliphatic heterocycles. The quantitative estimate of drug-likeness (QED) is 0.658. The van der Waals surface area contributed by atoms with Gasteiger partial charge in [0.2, 0.25) is 0 Å². The summed E-state index contributed by atoms with van der Waals surface area (Å²) in [6, 6.07) is 11.4. The van der Waals surface area contributed by atoms with Crippen molar-refractivity contribution >= 4 is 11.8 Å². The molecule has 6 heteroatoms. The molecule has 0 unspecified atom stereocenters. The van der Waals surface area contributed by atoms with Gasteiger partial charge in [0.15, 0.2) is 0 Å². The Balaban J connectivity index is 1.90. The first-order chi connectivity index (χ1) is 11.1. The fourth-order valence-electron chi connectivity index (χ4n) is 1.72. The van der Waals surface area contributed by atoms with Gasteiger partial charge in [0.05, 0.1) is 0 Å². The second-order valence-electron chi connectivity index (χ2n) is 4.54. The SMILES string of the molecule is C=CCOc1ccc(C(=O)NNC(=O)c2ccc(F)cc2)cc1. The Labute approximate surface area is 132 Å². The maximum Gasteiger partial charge on any atom is 0.269 e. The van der Waals surface area contributed by atoms with E-state index >= 15 is 0 Å². The third-order valence-corrected chi connectivity index (χ3v) is 2.88. The number of carbonyl (C=O) groups is 2. The number of carbonyl (C=O) groups excluding carboxylic acids is 2. The van der Waals surface area contributed by atoms with Crippen LogP contribution in [0.2, 0.25) is 0 Å². The van der Waals surface area contributed by atoms with Gasteiger partial charge in [0.1, 0.15) is 18.2 Å². The monoisotopic (exact) mass is 314 g/mol. The number of hydrogen-bond donors (Lipinski definition) is 2. The van der Waals surface area contributed by atoms with Crippen molar-refractivity contribution < 1.29 is 18.7 Å². The van der Waals surface area contributed by atoms with Crippen molar-refractivity contribution in [1.82, 2.24) is 10.9 Å². The summed E-state index contributed by atoms with van der Waals surface area (Å²) in [5.74, 6) is -0.846. The average molecular weight is 314 g/mol. The molecule has 0 bridgehead atoms. The molecular formula is C17H15FN2O3. The largest absolute Gasteiger partial charge is 0.490 e. The van der Waals surface area contributed by atoms with Crippen molar-refractivity contribution in [2.75, 3.05) is 6.61 Å². The third kappa shape index (κ3) is 4.67. The van der Waals surface area contributed by atoms with E-state index in [9.17, 15) is 14.0 Å². The Bertz CT molecular complexity index is 697. The third-order valence-electron chi connectivity index (χ3n) is 2.88. The molecule has 2 N–H and O–H groups in total. The molecule has 23 heavy (non-hydrogen) atoms. The topological polar surface area (TPSA) is 67.4 Å². The normalized spacial score (nSPS) is 9.78. The van der Waals surface area contributed by atoms with Crippen LogP contribution in [-0.2, 0) is 0 Å². The van der Waals surface area contributed by atoms with Crippen LogP contribution in [0.1, 0.15) is 20.7 Å². The van der Waals surface area contributed by atoms with Crippen LogP contribution in [0.3, 0.4) is 0 Å². The first-order valence-corrected chi connectivity index (χ1v) is 6.80.